The lowest BCUT2D eigenvalue weighted by molar-refractivity contribution is 0.0952. The summed E-state index contributed by atoms with van der Waals surface area (Å²) in [5, 5.41) is 5.61. The van der Waals surface area contributed by atoms with Crippen molar-refractivity contribution in [2.75, 3.05) is 11.9 Å². The Labute approximate surface area is 169 Å². The largest absolute Gasteiger partial charge is 0.352 e. The van der Waals surface area contributed by atoms with Crippen molar-refractivity contribution in [1.82, 2.24) is 5.32 Å². The smallest absolute Gasteiger partial charge is 0.255 e. The summed E-state index contributed by atoms with van der Waals surface area (Å²) in [5.41, 5.74) is 3.40. The molecule has 0 fully saturated rings. The first kappa shape index (κ1) is 20.3. The summed E-state index contributed by atoms with van der Waals surface area (Å²) in [5.74, 6) is -0.773. The zero-order valence-corrected chi connectivity index (χ0v) is 16.2. The Morgan fingerprint density at radius 3 is 2.07 bits per heavy atom. The lowest BCUT2D eigenvalue weighted by Crippen LogP contribution is -2.26. The number of rotatable bonds is 7. The first-order valence-electron chi connectivity index (χ1n) is 9.59. The maximum absolute atomic E-state index is 13.6. The second-order valence-electron chi connectivity index (χ2n) is 6.68. The Morgan fingerprint density at radius 2 is 1.45 bits per heavy atom. The first-order chi connectivity index (χ1) is 14.1. The summed E-state index contributed by atoms with van der Waals surface area (Å²) in [4.78, 5) is 24.6. The minimum absolute atomic E-state index is 0.235. The average Bonchev–Trinajstić information content (AvgIpc) is 2.75. The molecule has 0 radical (unpaired) electrons. The molecule has 0 bridgehead atoms. The molecule has 0 saturated carbocycles. The maximum Gasteiger partial charge on any atom is 0.255 e. The molecule has 0 aliphatic heterocycles. The van der Waals surface area contributed by atoms with Crippen molar-refractivity contribution in [3.8, 4) is 0 Å². The number of aryl methyl sites for hydroxylation is 1. The number of carbonyl (C=O) groups excluding carboxylic acids is 2. The van der Waals surface area contributed by atoms with Gasteiger partial charge in [-0.25, -0.2) is 4.39 Å². The molecule has 0 spiro atoms. The Morgan fingerprint density at radius 1 is 0.828 bits per heavy atom. The van der Waals surface area contributed by atoms with Crippen molar-refractivity contribution < 1.29 is 14.0 Å². The van der Waals surface area contributed by atoms with Gasteiger partial charge < -0.3 is 10.6 Å². The van der Waals surface area contributed by atoms with Crippen LogP contribution in [0.3, 0.4) is 0 Å². The normalized spacial score (nSPS) is 10.4. The van der Waals surface area contributed by atoms with E-state index in [0.717, 1.165) is 12.1 Å². The topological polar surface area (TPSA) is 58.2 Å². The number of nitrogens with one attached hydrogen (secondary N) is 2. The monoisotopic (exact) mass is 390 g/mol. The maximum atomic E-state index is 13.6. The van der Waals surface area contributed by atoms with Gasteiger partial charge in [0.25, 0.3) is 11.8 Å². The van der Waals surface area contributed by atoms with Crippen molar-refractivity contribution >= 4 is 17.5 Å². The van der Waals surface area contributed by atoms with Crippen LogP contribution >= 0.6 is 0 Å². The van der Waals surface area contributed by atoms with Crippen LogP contribution in [0, 0.1) is 5.82 Å². The zero-order valence-electron chi connectivity index (χ0n) is 16.2. The van der Waals surface area contributed by atoms with Crippen LogP contribution in [0.2, 0.25) is 0 Å². The minimum Gasteiger partial charge on any atom is -0.352 e. The summed E-state index contributed by atoms with van der Waals surface area (Å²) in [7, 11) is 0. The standard InChI is InChI=1S/C24H23FN2O2/c1-2-17-7-13-21(14-8-17)27-24(29)20-11-9-19(10-12-20)23(28)26-16-15-18-5-3-4-6-22(18)25/h3-14H,2,15-16H2,1H3,(H,26,28)(H,27,29). The number of benzene rings is 3. The van der Waals surface area contributed by atoms with Crippen LogP contribution in [0.4, 0.5) is 10.1 Å². The molecule has 2 N–H and O–H groups in total. The summed E-state index contributed by atoms with van der Waals surface area (Å²) in [6, 6.07) is 20.6. The van der Waals surface area contributed by atoms with Gasteiger partial charge in [0.05, 0.1) is 0 Å². The molecule has 4 nitrogen and oxygen atoms in total. The summed E-state index contributed by atoms with van der Waals surface area (Å²) in [6.07, 6.45) is 1.35. The second kappa shape index (κ2) is 9.64. The molecule has 3 rings (SSSR count). The summed E-state index contributed by atoms with van der Waals surface area (Å²) >= 11 is 0. The third-order valence-electron chi connectivity index (χ3n) is 4.67. The van der Waals surface area contributed by atoms with Crippen molar-refractivity contribution in [3.05, 3.63) is 101 Å². The first-order valence-corrected chi connectivity index (χ1v) is 9.59. The van der Waals surface area contributed by atoms with Crippen LogP contribution < -0.4 is 10.6 Å². The number of hydrogen-bond donors (Lipinski definition) is 2. The van der Waals surface area contributed by atoms with E-state index in [1.165, 1.54) is 11.6 Å². The van der Waals surface area contributed by atoms with Crippen LogP contribution in [0.25, 0.3) is 0 Å². The second-order valence-corrected chi connectivity index (χ2v) is 6.68. The summed E-state index contributed by atoms with van der Waals surface area (Å²) < 4.78 is 13.6. The third kappa shape index (κ3) is 5.51. The van der Waals surface area contributed by atoms with Crippen molar-refractivity contribution in [2.45, 2.75) is 19.8 Å². The predicted octanol–water partition coefficient (Wildman–Crippen LogP) is 4.61. The Bertz CT molecular complexity index is 983. The van der Waals surface area contributed by atoms with E-state index in [1.807, 2.05) is 24.3 Å². The van der Waals surface area contributed by atoms with Gasteiger partial charge in [-0.1, -0.05) is 37.3 Å². The van der Waals surface area contributed by atoms with Crippen molar-refractivity contribution in [1.29, 1.82) is 0 Å². The molecule has 2 amide bonds. The van der Waals surface area contributed by atoms with E-state index in [4.69, 9.17) is 0 Å². The molecule has 0 atom stereocenters. The average molecular weight is 390 g/mol. The molecule has 0 saturated heterocycles. The molecule has 0 aliphatic carbocycles. The number of amides is 2. The quantitative estimate of drug-likeness (QED) is 0.619. The molecular formula is C24H23FN2O2. The molecule has 3 aromatic rings. The van der Waals surface area contributed by atoms with E-state index in [-0.39, 0.29) is 17.6 Å². The molecular weight excluding hydrogens is 367 g/mol. The van der Waals surface area contributed by atoms with Crippen LogP contribution in [-0.4, -0.2) is 18.4 Å². The third-order valence-corrected chi connectivity index (χ3v) is 4.67. The van der Waals surface area contributed by atoms with Gasteiger partial charge in [0.2, 0.25) is 0 Å². The van der Waals surface area contributed by atoms with E-state index in [2.05, 4.69) is 17.6 Å². The van der Waals surface area contributed by atoms with Gasteiger partial charge in [-0.3, -0.25) is 9.59 Å². The van der Waals surface area contributed by atoms with Crippen LogP contribution in [0.1, 0.15) is 38.8 Å². The van der Waals surface area contributed by atoms with Gasteiger partial charge in [-0.2, -0.15) is 0 Å². The molecule has 0 unspecified atom stereocenters. The fourth-order valence-electron chi connectivity index (χ4n) is 2.91. The van der Waals surface area contributed by atoms with Gasteiger partial charge >= 0.3 is 0 Å². The fraction of sp³-hybridized carbons (Fsp3) is 0.167. The SMILES string of the molecule is CCc1ccc(NC(=O)c2ccc(C(=O)NCCc3ccccc3F)cc2)cc1. The van der Waals surface area contributed by atoms with Gasteiger partial charge in [0, 0.05) is 23.4 Å². The van der Waals surface area contributed by atoms with Crippen LogP contribution in [0.15, 0.2) is 72.8 Å². The number of hydrogen-bond acceptors (Lipinski definition) is 2. The van der Waals surface area contributed by atoms with E-state index in [0.29, 0.717) is 29.7 Å². The number of anilines is 1. The Balaban J connectivity index is 1.53. The highest BCUT2D eigenvalue weighted by Gasteiger charge is 2.10. The molecule has 148 valence electrons. The molecule has 0 aliphatic rings. The molecule has 0 aromatic heterocycles. The van der Waals surface area contributed by atoms with E-state index in [1.54, 1.807) is 42.5 Å². The van der Waals surface area contributed by atoms with Crippen LogP contribution in [-0.2, 0) is 12.8 Å². The van der Waals surface area contributed by atoms with E-state index < -0.39 is 0 Å². The molecule has 29 heavy (non-hydrogen) atoms. The van der Waals surface area contributed by atoms with Crippen molar-refractivity contribution in [3.63, 3.8) is 0 Å². The number of carbonyl (C=O) groups is 2. The predicted molar refractivity (Wildman–Crippen MR) is 113 cm³/mol. The number of halogens is 1. The molecule has 0 heterocycles. The van der Waals surface area contributed by atoms with Crippen LogP contribution in [0.5, 0.6) is 0 Å². The van der Waals surface area contributed by atoms with Gasteiger partial charge in [0.15, 0.2) is 0 Å². The zero-order chi connectivity index (χ0) is 20.6. The van der Waals surface area contributed by atoms with Gasteiger partial charge in [0.1, 0.15) is 5.82 Å². The summed E-state index contributed by atoms with van der Waals surface area (Å²) in [6.45, 7) is 2.40. The Kier molecular flexibility index (Phi) is 6.74. The lowest BCUT2D eigenvalue weighted by atomic mass is 10.1. The van der Waals surface area contributed by atoms with Gasteiger partial charge in [-0.05, 0) is 66.4 Å². The highest BCUT2D eigenvalue weighted by Crippen LogP contribution is 2.13. The van der Waals surface area contributed by atoms with E-state index >= 15 is 0 Å². The highest BCUT2D eigenvalue weighted by atomic mass is 19.1. The highest BCUT2D eigenvalue weighted by molar-refractivity contribution is 6.05. The van der Waals surface area contributed by atoms with E-state index in [9.17, 15) is 14.0 Å². The van der Waals surface area contributed by atoms with Gasteiger partial charge in [-0.15, -0.1) is 0 Å². The fourth-order valence-corrected chi connectivity index (χ4v) is 2.91. The Hall–Kier alpha value is -3.47. The van der Waals surface area contributed by atoms with Crippen molar-refractivity contribution in [2.24, 2.45) is 0 Å². The minimum atomic E-state index is -0.276. The lowest BCUT2D eigenvalue weighted by Gasteiger charge is -2.08. The molecule has 5 heteroatoms. The molecule has 3 aromatic carbocycles.